The summed E-state index contributed by atoms with van der Waals surface area (Å²) in [7, 11) is 0. The van der Waals surface area contributed by atoms with E-state index in [0.717, 1.165) is 17.7 Å². The van der Waals surface area contributed by atoms with Gasteiger partial charge in [0.15, 0.2) is 0 Å². The first-order valence-electron chi connectivity index (χ1n) is 4.49. The standard InChI is InChI=1S/C10H13NO2S/c1-4-7(3)8-6-14-9(11-8)10(12)13-5-2/h6H,3-5H2,1-2H3. The highest BCUT2D eigenvalue weighted by Crippen LogP contribution is 2.19. The minimum Gasteiger partial charge on any atom is -0.461 e. The molecule has 0 saturated carbocycles. The van der Waals surface area contributed by atoms with E-state index in [0.29, 0.717) is 11.6 Å². The third kappa shape index (κ3) is 2.42. The molecule has 3 nitrogen and oxygen atoms in total. The molecule has 1 heterocycles. The van der Waals surface area contributed by atoms with Crippen molar-refractivity contribution < 1.29 is 9.53 Å². The number of thiazole rings is 1. The lowest BCUT2D eigenvalue weighted by molar-refractivity contribution is 0.0526. The maximum absolute atomic E-state index is 11.3. The molecule has 1 aromatic heterocycles. The molecule has 0 fully saturated rings. The predicted octanol–water partition coefficient (Wildman–Crippen LogP) is 2.74. The van der Waals surface area contributed by atoms with E-state index in [-0.39, 0.29) is 5.97 Å². The molecular formula is C10H13NO2S. The number of nitrogens with zero attached hydrogens (tertiary/aromatic N) is 1. The number of carbonyl (C=O) groups is 1. The average Bonchev–Trinajstić information content (AvgIpc) is 2.66. The van der Waals surface area contributed by atoms with Crippen LogP contribution < -0.4 is 0 Å². The van der Waals surface area contributed by atoms with Crippen LogP contribution in [0.25, 0.3) is 5.57 Å². The first-order chi connectivity index (χ1) is 6.69. The van der Waals surface area contributed by atoms with Gasteiger partial charge in [0.25, 0.3) is 0 Å². The Labute approximate surface area is 87.4 Å². The van der Waals surface area contributed by atoms with Crippen molar-refractivity contribution in [1.29, 1.82) is 0 Å². The van der Waals surface area contributed by atoms with Crippen LogP contribution in [0.1, 0.15) is 35.8 Å². The monoisotopic (exact) mass is 211 g/mol. The topological polar surface area (TPSA) is 39.2 Å². The average molecular weight is 211 g/mol. The molecule has 0 bridgehead atoms. The highest BCUT2D eigenvalue weighted by atomic mass is 32.1. The van der Waals surface area contributed by atoms with Gasteiger partial charge in [0.1, 0.15) is 0 Å². The van der Waals surface area contributed by atoms with Crippen molar-refractivity contribution in [3.05, 3.63) is 22.7 Å². The zero-order valence-electron chi connectivity index (χ0n) is 8.37. The van der Waals surface area contributed by atoms with E-state index in [4.69, 9.17) is 4.74 Å². The molecular weight excluding hydrogens is 198 g/mol. The van der Waals surface area contributed by atoms with Crippen molar-refractivity contribution in [2.24, 2.45) is 0 Å². The van der Waals surface area contributed by atoms with Crippen LogP contribution in [0, 0.1) is 0 Å². The molecule has 0 spiro atoms. The SMILES string of the molecule is C=C(CC)c1csc(C(=O)OCC)n1. The van der Waals surface area contributed by atoms with E-state index >= 15 is 0 Å². The largest absolute Gasteiger partial charge is 0.461 e. The number of aromatic nitrogens is 1. The fraction of sp³-hybridized carbons (Fsp3) is 0.400. The fourth-order valence-electron chi connectivity index (χ4n) is 0.904. The molecule has 0 N–H and O–H groups in total. The first-order valence-corrected chi connectivity index (χ1v) is 5.37. The van der Waals surface area contributed by atoms with Gasteiger partial charge in [-0.25, -0.2) is 9.78 Å². The van der Waals surface area contributed by atoms with Gasteiger partial charge in [-0.1, -0.05) is 13.5 Å². The van der Waals surface area contributed by atoms with Gasteiger partial charge in [-0.15, -0.1) is 11.3 Å². The van der Waals surface area contributed by atoms with Crippen LogP contribution in [-0.4, -0.2) is 17.6 Å². The molecule has 4 heteroatoms. The summed E-state index contributed by atoms with van der Waals surface area (Å²) in [6.45, 7) is 8.01. The number of esters is 1. The highest BCUT2D eigenvalue weighted by Gasteiger charge is 2.12. The van der Waals surface area contributed by atoms with Crippen LogP contribution in [-0.2, 0) is 4.74 Å². The Hall–Kier alpha value is -1.16. The number of hydrogen-bond acceptors (Lipinski definition) is 4. The molecule has 0 atom stereocenters. The first kappa shape index (κ1) is 10.9. The predicted molar refractivity (Wildman–Crippen MR) is 57.4 cm³/mol. The smallest absolute Gasteiger partial charge is 0.367 e. The maximum Gasteiger partial charge on any atom is 0.367 e. The molecule has 14 heavy (non-hydrogen) atoms. The van der Waals surface area contributed by atoms with Gasteiger partial charge in [-0.05, 0) is 18.9 Å². The van der Waals surface area contributed by atoms with Crippen LogP contribution in [0.3, 0.4) is 0 Å². The summed E-state index contributed by atoms with van der Waals surface area (Å²) in [5.74, 6) is -0.354. The Morgan fingerprint density at radius 1 is 1.64 bits per heavy atom. The van der Waals surface area contributed by atoms with Crippen molar-refractivity contribution in [3.63, 3.8) is 0 Å². The van der Waals surface area contributed by atoms with Gasteiger partial charge in [0.2, 0.25) is 5.01 Å². The summed E-state index contributed by atoms with van der Waals surface area (Å²) in [6.07, 6.45) is 0.839. The van der Waals surface area contributed by atoms with Gasteiger partial charge in [0.05, 0.1) is 12.3 Å². The van der Waals surface area contributed by atoms with Gasteiger partial charge in [-0.2, -0.15) is 0 Å². The zero-order valence-corrected chi connectivity index (χ0v) is 9.19. The molecule has 0 aliphatic heterocycles. The second-order valence-electron chi connectivity index (χ2n) is 2.72. The lowest BCUT2D eigenvalue weighted by Crippen LogP contribution is -2.03. The Morgan fingerprint density at radius 2 is 2.36 bits per heavy atom. The van der Waals surface area contributed by atoms with E-state index in [1.807, 2.05) is 12.3 Å². The van der Waals surface area contributed by atoms with Gasteiger partial charge < -0.3 is 4.74 Å². The van der Waals surface area contributed by atoms with E-state index in [1.54, 1.807) is 6.92 Å². The van der Waals surface area contributed by atoms with E-state index < -0.39 is 0 Å². The van der Waals surface area contributed by atoms with Crippen molar-refractivity contribution in [2.45, 2.75) is 20.3 Å². The quantitative estimate of drug-likeness (QED) is 0.719. The normalized spacial score (nSPS) is 9.86. The minimum absolute atomic E-state index is 0.354. The van der Waals surface area contributed by atoms with Crippen LogP contribution in [0.15, 0.2) is 12.0 Å². The number of hydrogen-bond donors (Lipinski definition) is 0. The third-order valence-corrected chi connectivity index (χ3v) is 2.57. The molecule has 0 aromatic carbocycles. The summed E-state index contributed by atoms with van der Waals surface area (Å²) in [5, 5.41) is 2.23. The van der Waals surface area contributed by atoms with Crippen molar-refractivity contribution in [2.75, 3.05) is 6.61 Å². The Morgan fingerprint density at radius 3 is 2.93 bits per heavy atom. The lowest BCUT2D eigenvalue weighted by Gasteiger charge is -1.96. The molecule has 0 unspecified atom stereocenters. The maximum atomic E-state index is 11.3. The van der Waals surface area contributed by atoms with Crippen LogP contribution in [0.5, 0.6) is 0 Å². The van der Waals surface area contributed by atoms with E-state index in [9.17, 15) is 4.79 Å². The number of ether oxygens (including phenoxy) is 1. The zero-order chi connectivity index (χ0) is 10.6. The summed E-state index contributed by atoms with van der Waals surface area (Å²) in [4.78, 5) is 15.4. The highest BCUT2D eigenvalue weighted by molar-refractivity contribution is 7.11. The second-order valence-corrected chi connectivity index (χ2v) is 3.57. The molecule has 0 saturated heterocycles. The summed E-state index contributed by atoms with van der Waals surface area (Å²) >= 11 is 1.29. The molecule has 1 aromatic rings. The number of carbonyl (C=O) groups excluding carboxylic acids is 1. The minimum atomic E-state index is -0.354. The molecule has 0 aliphatic rings. The van der Waals surface area contributed by atoms with Gasteiger partial charge >= 0.3 is 5.97 Å². The molecule has 0 aliphatic carbocycles. The van der Waals surface area contributed by atoms with Gasteiger partial charge in [0, 0.05) is 5.38 Å². The van der Waals surface area contributed by atoms with E-state index in [1.165, 1.54) is 11.3 Å². The summed E-state index contributed by atoms with van der Waals surface area (Å²) in [6, 6.07) is 0. The molecule has 0 amide bonds. The van der Waals surface area contributed by atoms with Crippen molar-refractivity contribution in [1.82, 2.24) is 4.98 Å². The Bertz CT molecular complexity index is 344. The Kier molecular flexibility index (Phi) is 3.83. The number of rotatable bonds is 4. The molecule has 1 rings (SSSR count). The van der Waals surface area contributed by atoms with Crippen molar-refractivity contribution in [3.8, 4) is 0 Å². The fourth-order valence-corrected chi connectivity index (χ4v) is 1.65. The third-order valence-electron chi connectivity index (χ3n) is 1.74. The summed E-state index contributed by atoms with van der Waals surface area (Å²) in [5.41, 5.74) is 1.73. The number of allylic oxidation sites excluding steroid dienone is 1. The Balaban J connectivity index is 2.77. The van der Waals surface area contributed by atoms with Crippen molar-refractivity contribution >= 4 is 22.9 Å². The van der Waals surface area contributed by atoms with Crippen LogP contribution in [0.2, 0.25) is 0 Å². The van der Waals surface area contributed by atoms with Gasteiger partial charge in [-0.3, -0.25) is 0 Å². The van der Waals surface area contributed by atoms with Crippen LogP contribution in [0.4, 0.5) is 0 Å². The van der Waals surface area contributed by atoms with E-state index in [2.05, 4.69) is 11.6 Å². The summed E-state index contributed by atoms with van der Waals surface area (Å²) < 4.78 is 4.83. The lowest BCUT2D eigenvalue weighted by atomic mass is 10.2. The second kappa shape index (κ2) is 4.91. The molecule has 76 valence electrons. The molecule has 0 radical (unpaired) electrons. The van der Waals surface area contributed by atoms with Crippen LogP contribution >= 0.6 is 11.3 Å².